The second-order valence-electron chi connectivity index (χ2n) is 4.24. The van der Waals surface area contributed by atoms with E-state index in [0.717, 1.165) is 0 Å². The summed E-state index contributed by atoms with van der Waals surface area (Å²) in [6.45, 7) is 0.555. The number of nitrogens with one attached hydrogen (secondary N) is 1. The van der Waals surface area contributed by atoms with E-state index in [1.165, 1.54) is 31.2 Å². The number of alkyl halides is 2. The minimum atomic E-state index is -2.88. The fraction of sp³-hybridized carbons (Fsp3) is 0.429. The topological polar surface area (TPSA) is 64.6 Å². The Morgan fingerprint density at radius 1 is 1.24 bits per heavy atom. The molecule has 0 spiro atoms. The van der Waals surface area contributed by atoms with Crippen LogP contribution in [0.15, 0.2) is 24.3 Å². The van der Waals surface area contributed by atoms with Crippen LogP contribution in [0.5, 0.6) is 5.75 Å². The lowest BCUT2D eigenvalue weighted by atomic mass is 10.1. The fourth-order valence-corrected chi connectivity index (χ4v) is 1.59. The van der Waals surface area contributed by atoms with E-state index < -0.39 is 18.6 Å². The first-order valence-corrected chi connectivity index (χ1v) is 6.42. The van der Waals surface area contributed by atoms with Gasteiger partial charge in [0.05, 0.1) is 13.0 Å². The molecule has 116 valence electrons. The van der Waals surface area contributed by atoms with Crippen LogP contribution in [0.4, 0.5) is 8.78 Å². The Morgan fingerprint density at radius 3 is 2.38 bits per heavy atom. The first-order chi connectivity index (χ1) is 9.92. The average molecular weight is 301 g/mol. The Hall–Kier alpha value is -2.18. The van der Waals surface area contributed by atoms with Crippen LogP contribution in [0, 0.1) is 0 Å². The molecule has 5 nitrogen and oxygen atoms in total. The Labute approximate surface area is 121 Å². The molecule has 0 aliphatic carbocycles. The number of ether oxygens (including phenoxy) is 2. The van der Waals surface area contributed by atoms with E-state index in [4.69, 9.17) is 4.74 Å². The van der Waals surface area contributed by atoms with Crippen molar-refractivity contribution in [1.82, 2.24) is 5.32 Å². The van der Waals surface area contributed by atoms with Crippen LogP contribution in [-0.4, -0.2) is 31.1 Å². The molecule has 1 rings (SSSR count). The molecule has 21 heavy (non-hydrogen) atoms. The van der Waals surface area contributed by atoms with Crippen LogP contribution in [0.1, 0.15) is 19.4 Å². The highest BCUT2D eigenvalue weighted by Gasteiger charge is 2.16. The van der Waals surface area contributed by atoms with Crippen LogP contribution < -0.4 is 10.1 Å². The monoisotopic (exact) mass is 301 g/mol. The van der Waals surface area contributed by atoms with Crippen molar-refractivity contribution < 1.29 is 27.8 Å². The zero-order chi connectivity index (χ0) is 15.8. The van der Waals surface area contributed by atoms with Gasteiger partial charge in [0.15, 0.2) is 0 Å². The van der Waals surface area contributed by atoms with Gasteiger partial charge in [-0.25, -0.2) is 4.79 Å². The minimum Gasteiger partial charge on any atom is -0.464 e. The quantitative estimate of drug-likeness (QED) is 0.781. The van der Waals surface area contributed by atoms with Gasteiger partial charge in [0.25, 0.3) is 0 Å². The van der Waals surface area contributed by atoms with Crippen molar-refractivity contribution in [3.05, 3.63) is 29.8 Å². The van der Waals surface area contributed by atoms with Gasteiger partial charge >= 0.3 is 12.6 Å². The number of hydrogen-bond donors (Lipinski definition) is 1. The lowest BCUT2D eigenvalue weighted by Crippen LogP contribution is -2.40. The molecule has 0 saturated carbocycles. The number of amides is 1. The Bertz CT molecular complexity index is 476. The maximum atomic E-state index is 12.0. The predicted octanol–water partition coefficient (Wildman–Crippen LogP) is 1.90. The number of esters is 1. The van der Waals surface area contributed by atoms with E-state index in [0.29, 0.717) is 5.56 Å². The molecule has 1 aromatic carbocycles. The summed E-state index contributed by atoms with van der Waals surface area (Å²) in [5.41, 5.74) is 0.616. The standard InChI is InChI=1S/C14H17F2NO4/c1-3-20-13(19)9(2)17-12(18)8-10-4-6-11(7-5-10)21-14(15)16/h4-7,9,14H,3,8H2,1-2H3,(H,17,18). The van der Waals surface area contributed by atoms with Crippen molar-refractivity contribution in [2.45, 2.75) is 32.9 Å². The highest BCUT2D eigenvalue weighted by molar-refractivity contribution is 5.85. The third-order valence-corrected chi connectivity index (χ3v) is 2.53. The fourth-order valence-electron chi connectivity index (χ4n) is 1.59. The van der Waals surface area contributed by atoms with E-state index in [9.17, 15) is 18.4 Å². The molecule has 7 heteroatoms. The van der Waals surface area contributed by atoms with Gasteiger partial charge in [-0.3, -0.25) is 4.79 Å². The van der Waals surface area contributed by atoms with Crippen LogP contribution >= 0.6 is 0 Å². The van der Waals surface area contributed by atoms with Crippen molar-refractivity contribution in [2.24, 2.45) is 0 Å². The van der Waals surface area contributed by atoms with Gasteiger partial charge in [-0.15, -0.1) is 0 Å². The molecule has 0 fully saturated rings. The maximum Gasteiger partial charge on any atom is 0.387 e. The Morgan fingerprint density at radius 2 is 1.86 bits per heavy atom. The van der Waals surface area contributed by atoms with E-state index in [2.05, 4.69) is 10.1 Å². The summed E-state index contributed by atoms with van der Waals surface area (Å²) < 4.78 is 32.9. The molecule has 0 aromatic heterocycles. The van der Waals surface area contributed by atoms with E-state index in [-0.39, 0.29) is 24.7 Å². The van der Waals surface area contributed by atoms with Gasteiger partial charge in [-0.1, -0.05) is 12.1 Å². The van der Waals surface area contributed by atoms with E-state index in [1.807, 2.05) is 0 Å². The molecule has 1 amide bonds. The normalized spacial score (nSPS) is 11.9. The molecule has 0 aliphatic rings. The van der Waals surface area contributed by atoms with Crippen LogP contribution in [0.2, 0.25) is 0 Å². The molecule has 1 unspecified atom stereocenters. The Kier molecular flexibility index (Phi) is 6.58. The lowest BCUT2D eigenvalue weighted by Gasteiger charge is -2.12. The molecular weight excluding hydrogens is 284 g/mol. The molecule has 1 N–H and O–H groups in total. The van der Waals surface area contributed by atoms with Crippen molar-refractivity contribution in [1.29, 1.82) is 0 Å². The third-order valence-electron chi connectivity index (χ3n) is 2.53. The SMILES string of the molecule is CCOC(=O)C(C)NC(=O)Cc1ccc(OC(F)F)cc1. The number of carbonyl (C=O) groups excluding carboxylic acids is 2. The first kappa shape index (κ1) is 16.9. The second-order valence-corrected chi connectivity index (χ2v) is 4.24. The van der Waals surface area contributed by atoms with Gasteiger partial charge < -0.3 is 14.8 Å². The molecule has 0 saturated heterocycles. The second kappa shape index (κ2) is 8.18. The van der Waals surface area contributed by atoms with Crippen molar-refractivity contribution in [2.75, 3.05) is 6.61 Å². The summed E-state index contributed by atoms with van der Waals surface area (Å²) in [6.07, 6.45) is 0.0265. The zero-order valence-electron chi connectivity index (χ0n) is 11.8. The Balaban J connectivity index is 2.49. The van der Waals surface area contributed by atoms with Crippen molar-refractivity contribution >= 4 is 11.9 Å². The summed E-state index contributed by atoms with van der Waals surface area (Å²) in [6, 6.07) is 4.98. The van der Waals surface area contributed by atoms with Gasteiger partial charge in [0.2, 0.25) is 5.91 Å². The molecule has 0 aliphatic heterocycles. The predicted molar refractivity (Wildman–Crippen MR) is 71.0 cm³/mol. The minimum absolute atomic E-state index is 0.0223. The smallest absolute Gasteiger partial charge is 0.387 e. The first-order valence-electron chi connectivity index (χ1n) is 6.42. The summed E-state index contributed by atoms with van der Waals surface area (Å²) in [4.78, 5) is 23.1. The molecule has 0 heterocycles. The van der Waals surface area contributed by atoms with Gasteiger partial charge in [-0.05, 0) is 31.5 Å². The molecule has 1 aromatic rings. The third kappa shape index (κ3) is 6.20. The molecule has 0 bridgehead atoms. The van der Waals surface area contributed by atoms with Gasteiger partial charge in [0.1, 0.15) is 11.8 Å². The molecular formula is C14H17F2NO4. The highest BCUT2D eigenvalue weighted by atomic mass is 19.3. The number of hydrogen-bond acceptors (Lipinski definition) is 4. The van der Waals surface area contributed by atoms with Crippen molar-refractivity contribution in [3.63, 3.8) is 0 Å². The number of benzene rings is 1. The van der Waals surface area contributed by atoms with Crippen LogP contribution in [0.25, 0.3) is 0 Å². The average Bonchev–Trinajstić information content (AvgIpc) is 2.40. The highest BCUT2D eigenvalue weighted by Crippen LogP contribution is 2.15. The van der Waals surface area contributed by atoms with Gasteiger partial charge in [-0.2, -0.15) is 8.78 Å². The van der Waals surface area contributed by atoms with Crippen LogP contribution in [0.3, 0.4) is 0 Å². The largest absolute Gasteiger partial charge is 0.464 e. The van der Waals surface area contributed by atoms with E-state index in [1.54, 1.807) is 6.92 Å². The zero-order valence-corrected chi connectivity index (χ0v) is 11.8. The van der Waals surface area contributed by atoms with E-state index >= 15 is 0 Å². The maximum absolute atomic E-state index is 12.0. The lowest BCUT2D eigenvalue weighted by molar-refractivity contribution is -0.146. The van der Waals surface area contributed by atoms with Gasteiger partial charge in [0, 0.05) is 0 Å². The molecule has 1 atom stereocenters. The summed E-state index contributed by atoms with van der Waals surface area (Å²) >= 11 is 0. The number of carbonyl (C=O) groups is 2. The summed E-state index contributed by atoms with van der Waals surface area (Å²) in [5, 5.41) is 2.50. The number of halogens is 2. The molecule has 0 radical (unpaired) electrons. The van der Waals surface area contributed by atoms with Crippen molar-refractivity contribution in [3.8, 4) is 5.75 Å². The number of rotatable bonds is 7. The summed E-state index contributed by atoms with van der Waals surface area (Å²) in [7, 11) is 0. The summed E-state index contributed by atoms with van der Waals surface area (Å²) in [5.74, 6) is -0.848. The van der Waals surface area contributed by atoms with Crippen LogP contribution in [-0.2, 0) is 20.7 Å².